The van der Waals surface area contributed by atoms with Crippen LogP contribution in [-0.4, -0.2) is 91.3 Å². The number of carbonyl (C=O) groups is 1. The Morgan fingerprint density at radius 3 is 2.31 bits per heavy atom. The molecule has 49 heavy (non-hydrogen) atoms. The predicted molar refractivity (Wildman–Crippen MR) is 179 cm³/mol. The molecule has 0 bridgehead atoms. The topological polar surface area (TPSA) is 90.0 Å². The average Bonchev–Trinajstić information content (AvgIpc) is 3.52. The van der Waals surface area contributed by atoms with E-state index in [1.807, 2.05) is 35.2 Å². The molecule has 260 valence electrons. The van der Waals surface area contributed by atoms with Crippen LogP contribution < -0.4 is 20.0 Å². The summed E-state index contributed by atoms with van der Waals surface area (Å²) in [5, 5.41) is 3.62. The molecule has 0 aliphatic carbocycles. The minimum absolute atomic E-state index is 0.0400. The van der Waals surface area contributed by atoms with Crippen LogP contribution in [-0.2, 0) is 15.7 Å². The molecule has 0 radical (unpaired) electrons. The zero-order valence-corrected chi connectivity index (χ0v) is 27.5. The van der Waals surface area contributed by atoms with Crippen molar-refractivity contribution in [3.8, 4) is 11.3 Å². The van der Waals surface area contributed by atoms with Crippen LogP contribution in [0.15, 0.2) is 54.9 Å². The lowest BCUT2D eigenvalue weighted by Gasteiger charge is -2.36. The number of para-hydroxylation sites is 1. The maximum atomic E-state index is 15.9. The second kappa shape index (κ2) is 14.9. The van der Waals surface area contributed by atoms with Crippen LogP contribution in [0.2, 0.25) is 0 Å². The molecule has 2 aromatic heterocycles. The van der Waals surface area contributed by atoms with Crippen LogP contribution in [0.3, 0.4) is 0 Å². The van der Waals surface area contributed by atoms with E-state index in [2.05, 4.69) is 30.1 Å². The summed E-state index contributed by atoms with van der Waals surface area (Å²) in [5.74, 6) is -2.06. The number of halogens is 5. The third-order valence-corrected chi connectivity index (χ3v) is 9.43. The van der Waals surface area contributed by atoms with E-state index in [1.165, 1.54) is 6.33 Å². The van der Waals surface area contributed by atoms with Crippen molar-refractivity contribution in [3.63, 3.8) is 0 Å². The molecule has 4 heterocycles. The SMILES string of the molecule is CCOC(=O)CCN1CCN(c2ncnc(Nc3nc(-c4cc(F)cc(C(F)(F)F)c4)c(N4CCN(c5ccccc5)CC4)s3)c2F)CC1. The Bertz CT molecular complexity index is 1740. The molecule has 10 nitrogen and oxygen atoms in total. The highest BCUT2D eigenvalue weighted by molar-refractivity contribution is 7.20. The monoisotopic (exact) mass is 702 g/mol. The van der Waals surface area contributed by atoms with Gasteiger partial charge in [-0.25, -0.2) is 19.3 Å². The summed E-state index contributed by atoms with van der Waals surface area (Å²) in [4.78, 5) is 32.7. The average molecular weight is 703 g/mol. The summed E-state index contributed by atoms with van der Waals surface area (Å²) < 4.78 is 76.5. The summed E-state index contributed by atoms with van der Waals surface area (Å²) in [5.41, 5.74) is 0.0422. The second-order valence-corrected chi connectivity index (χ2v) is 12.6. The first-order valence-electron chi connectivity index (χ1n) is 15.9. The second-order valence-electron chi connectivity index (χ2n) is 11.6. The lowest BCUT2D eigenvalue weighted by atomic mass is 10.1. The normalized spacial score (nSPS) is 15.8. The number of benzene rings is 2. The fourth-order valence-corrected chi connectivity index (χ4v) is 6.94. The maximum Gasteiger partial charge on any atom is 0.416 e. The number of piperazine rings is 2. The third-order valence-electron chi connectivity index (χ3n) is 8.40. The number of hydrogen-bond acceptors (Lipinski definition) is 11. The van der Waals surface area contributed by atoms with Crippen molar-refractivity contribution in [1.29, 1.82) is 0 Å². The number of anilines is 5. The molecule has 0 atom stereocenters. The highest BCUT2D eigenvalue weighted by Crippen LogP contribution is 2.42. The van der Waals surface area contributed by atoms with Crippen molar-refractivity contribution in [2.24, 2.45) is 0 Å². The molecule has 2 aliphatic heterocycles. The molecule has 6 rings (SSSR count). The summed E-state index contributed by atoms with van der Waals surface area (Å²) in [6, 6.07) is 12.2. The Kier molecular flexibility index (Phi) is 10.4. The number of esters is 1. The number of aromatic nitrogens is 3. The quantitative estimate of drug-likeness (QED) is 0.156. The highest BCUT2D eigenvalue weighted by atomic mass is 32.1. The minimum Gasteiger partial charge on any atom is -0.466 e. The fraction of sp³-hybridized carbons (Fsp3) is 0.394. The Balaban J connectivity index is 1.23. The zero-order chi connectivity index (χ0) is 34.5. The van der Waals surface area contributed by atoms with E-state index in [9.17, 15) is 22.4 Å². The van der Waals surface area contributed by atoms with E-state index < -0.39 is 23.4 Å². The molecule has 0 unspecified atom stereocenters. The van der Waals surface area contributed by atoms with Crippen LogP contribution in [0, 0.1) is 11.6 Å². The number of hydrogen-bond donors (Lipinski definition) is 1. The number of carbonyl (C=O) groups excluding carboxylic acids is 1. The number of nitrogens with one attached hydrogen (secondary N) is 1. The van der Waals surface area contributed by atoms with Gasteiger partial charge in [-0.15, -0.1) is 0 Å². The molecule has 4 aromatic rings. The van der Waals surface area contributed by atoms with E-state index in [1.54, 1.807) is 11.8 Å². The van der Waals surface area contributed by atoms with Crippen LogP contribution in [0.25, 0.3) is 11.3 Å². The van der Waals surface area contributed by atoms with E-state index in [0.717, 1.165) is 29.2 Å². The van der Waals surface area contributed by atoms with E-state index in [0.29, 0.717) is 76.6 Å². The maximum absolute atomic E-state index is 15.9. The summed E-state index contributed by atoms with van der Waals surface area (Å²) >= 11 is 1.13. The van der Waals surface area contributed by atoms with Gasteiger partial charge < -0.3 is 24.8 Å². The van der Waals surface area contributed by atoms with Crippen molar-refractivity contribution < 1.29 is 31.5 Å². The van der Waals surface area contributed by atoms with Crippen molar-refractivity contribution in [3.05, 3.63) is 72.1 Å². The van der Waals surface area contributed by atoms with Crippen LogP contribution >= 0.6 is 11.3 Å². The minimum atomic E-state index is -4.76. The van der Waals surface area contributed by atoms with Gasteiger partial charge in [0.15, 0.2) is 16.8 Å². The molecule has 2 saturated heterocycles. The third kappa shape index (κ3) is 8.19. The van der Waals surface area contributed by atoms with E-state index >= 15 is 4.39 Å². The van der Waals surface area contributed by atoms with E-state index in [-0.39, 0.29) is 40.4 Å². The molecule has 16 heteroatoms. The number of thiazole rings is 1. The Morgan fingerprint density at radius 2 is 1.61 bits per heavy atom. The lowest BCUT2D eigenvalue weighted by Crippen LogP contribution is -2.47. The number of rotatable bonds is 10. The van der Waals surface area contributed by atoms with Gasteiger partial charge >= 0.3 is 12.1 Å². The Labute approximate surface area is 284 Å². The molecule has 0 amide bonds. The first-order chi connectivity index (χ1) is 23.6. The van der Waals surface area contributed by atoms with Crippen molar-refractivity contribution in [2.75, 3.05) is 85.5 Å². The molecule has 0 saturated carbocycles. The molecule has 2 fully saturated rings. The predicted octanol–water partition coefficient (Wildman–Crippen LogP) is 6.04. The van der Waals surface area contributed by atoms with Crippen LogP contribution in [0.5, 0.6) is 0 Å². The van der Waals surface area contributed by atoms with Gasteiger partial charge in [0.25, 0.3) is 0 Å². The van der Waals surface area contributed by atoms with Crippen LogP contribution in [0.1, 0.15) is 18.9 Å². The van der Waals surface area contributed by atoms with Gasteiger partial charge in [-0.05, 0) is 37.3 Å². The van der Waals surface area contributed by atoms with Gasteiger partial charge in [-0.1, -0.05) is 29.5 Å². The highest BCUT2D eigenvalue weighted by Gasteiger charge is 2.33. The van der Waals surface area contributed by atoms with Crippen molar-refractivity contribution in [1.82, 2.24) is 19.9 Å². The largest absolute Gasteiger partial charge is 0.466 e. The fourth-order valence-electron chi connectivity index (χ4n) is 5.90. The van der Waals surface area contributed by atoms with Gasteiger partial charge in [0, 0.05) is 70.2 Å². The number of nitrogens with zero attached hydrogens (tertiary/aromatic N) is 7. The van der Waals surface area contributed by atoms with Crippen molar-refractivity contribution >= 4 is 44.8 Å². The molecule has 2 aliphatic rings. The van der Waals surface area contributed by atoms with Gasteiger partial charge in [0.05, 0.1) is 18.6 Å². The van der Waals surface area contributed by atoms with Gasteiger partial charge in [-0.2, -0.15) is 17.6 Å². The van der Waals surface area contributed by atoms with Gasteiger partial charge in [-0.3, -0.25) is 9.69 Å². The summed E-state index contributed by atoms with van der Waals surface area (Å²) in [6.07, 6.45) is -3.26. The first-order valence-corrected chi connectivity index (χ1v) is 16.7. The smallest absolute Gasteiger partial charge is 0.416 e. The molecular formula is C33H35F5N8O2S. The summed E-state index contributed by atoms with van der Waals surface area (Å²) in [7, 11) is 0. The Hall–Kier alpha value is -4.57. The molecule has 0 spiro atoms. The molecular weight excluding hydrogens is 667 g/mol. The molecule has 1 N–H and O–H groups in total. The number of alkyl halides is 3. The number of ether oxygens (including phenoxy) is 1. The first kappa shape index (κ1) is 34.3. The van der Waals surface area contributed by atoms with Crippen LogP contribution in [0.4, 0.5) is 49.4 Å². The summed E-state index contributed by atoms with van der Waals surface area (Å²) in [6.45, 7) is 7.09. The zero-order valence-electron chi connectivity index (χ0n) is 26.7. The van der Waals surface area contributed by atoms with Crippen molar-refractivity contribution in [2.45, 2.75) is 19.5 Å². The van der Waals surface area contributed by atoms with E-state index in [4.69, 9.17) is 4.74 Å². The molecule has 2 aromatic carbocycles. The standard InChI is InChI=1S/C33H35F5N8O2S/c1-2-48-26(47)8-9-43-10-12-45(13-11-43)30-27(35)29(39-21-40-30)42-32-41-28(22-18-23(33(36,37)38)20-24(34)19-22)31(49-32)46-16-14-44(15-17-46)25-6-4-3-5-7-25/h3-7,18-21H,2,8-17H2,1H3,(H,39,40,41,42). The Morgan fingerprint density at radius 1 is 0.918 bits per heavy atom. The van der Waals surface area contributed by atoms with Gasteiger partial charge in [0.1, 0.15) is 22.8 Å². The van der Waals surface area contributed by atoms with Gasteiger partial charge in [0.2, 0.25) is 5.82 Å². The lowest BCUT2D eigenvalue weighted by molar-refractivity contribution is -0.143.